The van der Waals surface area contributed by atoms with Crippen molar-refractivity contribution in [3.63, 3.8) is 0 Å². The fourth-order valence-corrected chi connectivity index (χ4v) is 1.11. The Kier molecular flexibility index (Phi) is 1.51. The van der Waals surface area contributed by atoms with Crippen molar-refractivity contribution in [1.82, 2.24) is 14.6 Å². The van der Waals surface area contributed by atoms with Gasteiger partial charge >= 0.3 is 0 Å². The maximum absolute atomic E-state index is 5.64. The molecule has 0 spiro atoms. The molecule has 2 rings (SSSR count). The number of rotatable bonds is 1. The highest BCUT2D eigenvalue weighted by Crippen LogP contribution is 2.05. The maximum Gasteiger partial charge on any atom is 0.155 e. The Labute approximate surface area is 68.6 Å². The van der Waals surface area contributed by atoms with Crippen LogP contribution in [-0.2, 0) is 5.88 Å². The third-order valence-electron chi connectivity index (χ3n) is 1.50. The van der Waals surface area contributed by atoms with Gasteiger partial charge in [-0.05, 0) is 17.7 Å². The molecule has 0 radical (unpaired) electrons. The molecule has 0 atom stereocenters. The molecular weight excluding hydrogens is 162 g/mol. The number of hydrogen-bond donors (Lipinski definition) is 0. The summed E-state index contributed by atoms with van der Waals surface area (Å²) in [5.41, 5.74) is 1.90. The van der Waals surface area contributed by atoms with Crippen LogP contribution in [-0.4, -0.2) is 14.6 Å². The monoisotopic (exact) mass is 167 g/mol. The van der Waals surface area contributed by atoms with Crippen LogP contribution in [0.5, 0.6) is 0 Å². The van der Waals surface area contributed by atoms with Crippen LogP contribution in [0.3, 0.4) is 0 Å². The molecule has 0 aliphatic rings. The molecule has 0 N–H and O–H groups in total. The lowest BCUT2D eigenvalue weighted by Crippen LogP contribution is -1.87. The number of hydrogen-bond acceptors (Lipinski definition) is 2. The molecule has 0 aromatic carbocycles. The maximum atomic E-state index is 5.64. The molecule has 11 heavy (non-hydrogen) atoms. The summed E-state index contributed by atoms with van der Waals surface area (Å²) in [5, 5.41) is 3.96. The standard InChI is InChI=1S/C7H6ClN3/c8-4-6-1-2-11-7(3-6)9-5-10-11/h1-3,5H,4H2. The van der Waals surface area contributed by atoms with Crippen LogP contribution in [0.4, 0.5) is 0 Å². The zero-order valence-electron chi connectivity index (χ0n) is 5.74. The zero-order valence-corrected chi connectivity index (χ0v) is 6.49. The molecule has 0 saturated heterocycles. The van der Waals surface area contributed by atoms with Gasteiger partial charge in [0.25, 0.3) is 0 Å². The Hall–Kier alpha value is -1.09. The van der Waals surface area contributed by atoms with Crippen LogP contribution in [0.15, 0.2) is 24.7 Å². The highest BCUT2D eigenvalue weighted by Gasteiger charge is 1.95. The molecule has 2 aromatic rings. The van der Waals surface area contributed by atoms with E-state index in [0.717, 1.165) is 11.2 Å². The molecule has 0 unspecified atom stereocenters. The Morgan fingerprint density at radius 3 is 3.27 bits per heavy atom. The first-order valence-electron chi connectivity index (χ1n) is 3.24. The molecular formula is C7H6ClN3. The van der Waals surface area contributed by atoms with Gasteiger partial charge in [0.2, 0.25) is 0 Å². The second kappa shape index (κ2) is 2.51. The van der Waals surface area contributed by atoms with E-state index in [4.69, 9.17) is 11.6 Å². The average molecular weight is 168 g/mol. The van der Waals surface area contributed by atoms with Gasteiger partial charge in [-0.1, -0.05) is 0 Å². The second-order valence-electron chi connectivity index (χ2n) is 2.23. The SMILES string of the molecule is ClCc1ccn2ncnc2c1. The molecule has 2 heterocycles. The van der Waals surface area contributed by atoms with Crippen LogP contribution >= 0.6 is 11.6 Å². The van der Waals surface area contributed by atoms with Gasteiger partial charge in [-0.3, -0.25) is 0 Å². The van der Waals surface area contributed by atoms with E-state index in [1.165, 1.54) is 6.33 Å². The van der Waals surface area contributed by atoms with Crippen LogP contribution in [0.1, 0.15) is 5.56 Å². The second-order valence-corrected chi connectivity index (χ2v) is 2.50. The number of aromatic nitrogens is 3. The van der Waals surface area contributed by atoms with Crippen molar-refractivity contribution in [2.75, 3.05) is 0 Å². The lowest BCUT2D eigenvalue weighted by molar-refractivity contribution is 0.957. The minimum Gasteiger partial charge on any atom is -0.221 e. The van der Waals surface area contributed by atoms with Gasteiger partial charge < -0.3 is 0 Å². The van der Waals surface area contributed by atoms with Crippen molar-refractivity contribution in [3.05, 3.63) is 30.2 Å². The summed E-state index contributed by atoms with van der Waals surface area (Å²) in [7, 11) is 0. The number of alkyl halides is 1. The largest absolute Gasteiger partial charge is 0.221 e. The lowest BCUT2D eigenvalue weighted by Gasteiger charge is -1.93. The fraction of sp³-hybridized carbons (Fsp3) is 0.143. The van der Waals surface area contributed by atoms with Crippen LogP contribution in [0, 0.1) is 0 Å². The molecule has 0 aliphatic heterocycles. The van der Waals surface area contributed by atoms with E-state index in [2.05, 4.69) is 10.1 Å². The third kappa shape index (κ3) is 1.07. The third-order valence-corrected chi connectivity index (χ3v) is 1.81. The summed E-state index contributed by atoms with van der Waals surface area (Å²) in [4.78, 5) is 4.02. The predicted molar refractivity (Wildman–Crippen MR) is 42.5 cm³/mol. The summed E-state index contributed by atoms with van der Waals surface area (Å²) in [6, 6.07) is 3.84. The number of halogens is 1. The molecule has 4 heteroatoms. The number of fused-ring (bicyclic) bond motifs is 1. The summed E-state index contributed by atoms with van der Waals surface area (Å²) in [5.74, 6) is 0.517. The molecule has 0 aliphatic carbocycles. The minimum absolute atomic E-state index is 0.517. The predicted octanol–water partition coefficient (Wildman–Crippen LogP) is 1.47. The molecule has 3 nitrogen and oxygen atoms in total. The minimum atomic E-state index is 0.517. The lowest BCUT2D eigenvalue weighted by atomic mass is 10.3. The molecule has 56 valence electrons. The van der Waals surface area contributed by atoms with Crippen LogP contribution < -0.4 is 0 Å². The van der Waals surface area contributed by atoms with Gasteiger partial charge in [0.05, 0.1) is 0 Å². The van der Waals surface area contributed by atoms with Crippen molar-refractivity contribution in [2.45, 2.75) is 5.88 Å². The molecule has 2 aromatic heterocycles. The Morgan fingerprint density at radius 1 is 1.55 bits per heavy atom. The zero-order chi connectivity index (χ0) is 7.68. The van der Waals surface area contributed by atoms with Gasteiger partial charge in [0.1, 0.15) is 6.33 Å². The fourth-order valence-electron chi connectivity index (χ4n) is 0.941. The van der Waals surface area contributed by atoms with E-state index < -0.39 is 0 Å². The first-order valence-corrected chi connectivity index (χ1v) is 3.78. The number of pyridine rings is 1. The smallest absolute Gasteiger partial charge is 0.155 e. The van der Waals surface area contributed by atoms with Gasteiger partial charge in [-0.25, -0.2) is 9.50 Å². The number of nitrogens with zero attached hydrogens (tertiary/aromatic N) is 3. The van der Waals surface area contributed by atoms with Gasteiger partial charge in [-0.2, -0.15) is 5.10 Å². The van der Waals surface area contributed by atoms with Crippen molar-refractivity contribution >= 4 is 17.2 Å². The summed E-state index contributed by atoms with van der Waals surface area (Å²) < 4.78 is 1.70. The molecule has 0 saturated carbocycles. The summed E-state index contributed by atoms with van der Waals surface area (Å²) in [6.45, 7) is 0. The molecule has 0 bridgehead atoms. The van der Waals surface area contributed by atoms with Gasteiger partial charge in [0, 0.05) is 12.1 Å². The summed E-state index contributed by atoms with van der Waals surface area (Å²) >= 11 is 5.64. The first kappa shape index (κ1) is 6.61. The Balaban J connectivity index is 2.67. The average Bonchev–Trinajstić information content (AvgIpc) is 2.50. The van der Waals surface area contributed by atoms with E-state index in [9.17, 15) is 0 Å². The topological polar surface area (TPSA) is 30.2 Å². The first-order chi connectivity index (χ1) is 5.40. The van der Waals surface area contributed by atoms with Crippen molar-refractivity contribution in [2.24, 2.45) is 0 Å². The highest BCUT2D eigenvalue weighted by molar-refractivity contribution is 6.17. The van der Waals surface area contributed by atoms with Crippen molar-refractivity contribution < 1.29 is 0 Å². The summed E-state index contributed by atoms with van der Waals surface area (Å²) in [6.07, 6.45) is 3.37. The molecule has 0 amide bonds. The van der Waals surface area contributed by atoms with E-state index in [1.54, 1.807) is 4.52 Å². The van der Waals surface area contributed by atoms with Crippen LogP contribution in [0.25, 0.3) is 5.65 Å². The quantitative estimate of drug-likeness (QED) is 0.602. The van der Waals surface area contributed by atoms with Gasteiger partial charge in [0.15, 0.2) is 5.65 Å². The normalized spacial score (nSPS) is 10.6. The van der Waals surface area contributed by atoms with Crippen LogP contribution in [0.2, 0.25) is 0 Å². The van der Waals surface area contributed by atoms with Crippen molar-refractivity contribution in [1.29, 1.82) is 0 Å². The molecule has 0 fully saturated rings. The van der Waals surface area contributed by atoms with E-state index in [0.29, 0.717) is 5.88 Å². The highest BCUT2D eigenvalue weighted by atomic mass is 35.5. The van der Waals surface area contributed by atoms with E-state index in [-0.39, 0.29) is 0 Å². The Bertz CT molecular complexity index is 368. The van der Waals surface area contributed by atoms with Gasteiger partial charge in [-0.15, -0.1) is 11.6 Å². The Morgan fingerprint density at radius 2 is 2.45 bits per heavy atom. The van der Waals surface area contributed by atoms with E-state index >= 15 is 0 Å². The van der Waals surface area contributed by atoms with Crippen molar-refractivity contribution in [3.8, 4) is 0 Å². The van der Waals surface area contributed by atoms with E-state index in [1.807, 2.05) is 18.3 Å².